The molecule has 4 rings (SSSR count). The largest absolute Gasteiger partial charge is 0.493 e. The van der Waals surface area contributed by atoms with E-state index in [-0.39, 0.29) is 36.5 Å². The molecule has 0 saturated heterocycles. The minimum atomic E-state index is -1.53. The molecular weight excluding hydrogens is 491 g/mol. The van der Waals surface area contributed by atoms with Gasteiger partial charge in [0.2, 0.25) is 0 Å². The number of unbranched alkanes of at least 4 members (excludes halogenated alkanes) is 2. The number of esters is 1. The van der Waals surface area contributed by atoms with Crippen molar-refractivity contribution in [1.82, 2.24) is 4.90 Å². The zero-order chi connectivity index (χ0) is 27.4. The lowest BCUT2D eigenvalue weighted by Gasteiger charge is -2.44. The van der Waals surface area contributed by atoms with Crippen molar-refractivity contribution < 1.29 is 27.4 Å². The number of halogens is 3. The molecule has 0 fully saturated rings. The number of alkyl halides is 1. The molecule has 2 aliphatic rings. The number of ether oxygens (including phenoxy) is 2. The first-order chi connectivity index (χ1) is 18.1. The monoisotopic (exact) mass is 529 g/mol. The molecule has 1 aliphatic heterocycles. The maximum atomic E-state index is 15.7. The molecule has 0 saturated carbocycles. The summed E-state index contributed by atoms with van der Waals surface area (Å²) in [6, 6.07) is 9.74. The van der Waals surface area contributed by atoms with Crippen LogP contribution in [0, 0.1) is 11.6 Å². The molecule has 0 unspecified atom stereocenters. The molecule has 38 heavy (non-hydrogen) atoms. The Morgan fingerprint density at radius 2 is 1.82 bits per heavy atom. The van der Waals surface area contributed by atoms with Gasteiger partial charge in [-0.1, -0.05) is 24.3 Å². The number of carbonyl (C=O) groups excluding carboxylic acids is 1. The third kappa shape index (κ3) is 6.42. The summed E-state index contributed by atoms with van der Waals surface area (Å²) in [5.74, 6) is -1.48. The molecule has 4 nitrogen and oxygen atoms in total. The topological polar surface area (TPSA) is 38.8 Å². The third-order valence-electron chi connectivity index (χ3n) is 7.32. The van der Waals surface area contributed by atoms with Gasteiger partial charge in [0.05, 0.1) is 19.3 Å². The van der Waals surface area contributed by atoms with Crippen LogP contribution in [0.3, 0.4) is 0 Å². The van der Waals surface area contributed by atoms with Gasteiger partial charge < -0.3 is 9.47 Å². The zero-order valence-corrected chi connectivity index (χ0v) is 22.8. The second-order valence-corrected chi connectivity index (χ2v) is 10.9. The standard InChI is InChI=1S/C31H38F3NO3/c1-5-37-28(36)13-7-6-10-14-38-22-17-26(32)29(27(33)18-22)30-25-16-21-11-8-9-12-23(21)24(25)15-20(2)35(30)19-31(3,4)34/h8-9,11-12,17-18,20,30H,5-7,10,13-16,19H2,1-4H3/t20-,30+/m1/s1. The Bertz CT molecular complexity index is 1160. The molecule has 0 amide bonds. The van der Waals surface area contributed by atoms with Gasteiger partial charge >= 0.3 is 5.97 Å². The van der Waals surface area contributed by atoms with E-state index in [1.165, 1.54) is 26.0 Å². The van der Waals surface area contributed by atoms with Gasteiger partial charge in [0.15, 0.2) is 0 Å². The second-order valence-electron chi connectivity index (χ2n) is 10.9. The fraction of sp³-hybridized carbons (Fsp3) is 0.516. The molecule has 7 heteroatoms. The minimum Gasteiger partial charge on any atom is -0.493 e. The van der Waals surface area contributed by atoms with E-state index in [1.807, 2.05) is 24.0 Å². The summed E-state index contributed by atoms with van der Waals surface area (Å²) in [4.78, 5) is 13.3. The molecule has 2 atom stereocenters. The fourth-order valence-corrected chi connectivity index (χ4v) is 5.72. The van der Waals surface area contributed by atoms with Crippen LogP contribution in [0.5, 0.6) is 5.75 Å². The lowest BCUT2D eigenvalue weighted by Crippen LogP contribution is -2.47. The predicted molar refractivity (Wildman–Crippen MR) is 143 cm³/mol. The number of hydrogen-bond donors (Lipinski definition) is 0. The van der Waals surface area contributed by atoms with E-state index >= 15 is 8.78 Å². The van der Waals surface area contributed by atoms with Gasteiger partial charge in [-0.2, -0.15) is 0 Å². The molecule has 206 valence electrons. The Labute approximate surface area is 223 Å². The van der Waals surface area contributed by atoms with E-state index < -0.39 is 23.3 Å². The summed E-state index contributed by atoms with van der Waals surface area (Å²) in [6.07, 6.45) is 3.71. The average molecular weight is 530 g/mol. The Morgan fingerprint density at radius 3 is 2.50 bits per heavy atom. The molecule has 0 N–H and O–H groups in total. The number of hydrogen-bond acceptors (Lipinski definition) is 4. The van der Waals surface area contributed by atoms with Crippen molar-refractivity contribution in [1.29, 1.82) is 0 Å². The van der Waals surface area contributed by atoms with Crippen LogP contribution in [0.1, 0.15) is 82.5 Å². The van der Waals surface area contributed by atoms with Crippen molar-refractivity contribution in [2.45, 2.75) is 84.0 Å². The van der Waals surface area contributed by atoms with Gasteiger partial charge in [-0.25, -0.2) is 13.2 Å². The lowest BCUT2D eigenvalue weighted by molar-refractivity contribution is -0.143. The van der Waals surface area contributed by atoms with E-state index in [2.05, 4.69) is 12.1 Å². The van der Waals surface area contributed by atoms with E-state index in [0.29, 0.717) is 38.7 Å². The predicted octanol–water partition coefficient (Wildman–Crippen LogP) is 7.36. The van der Waals surface area contributed by atoms with Crippen LogP contribution in [0.4, 0.5) is 13.2 Å². The van der Waals surface area contributed by atoms with Crippen LogP contribution in [-0.4, -0.2) is 42.3 Å². The van der Waals surface area contributed by atoms with Gasteiger partial charge in [0, 0.05) is 36.7 Å². The number of nitrogens with zero attached hydrogens (tertiary/aromatic N) is 1. The molecular formula is C31H38F3NO3. The van der Waals surface area contributed by atoms with Crippen molar-refractivity contribution in [3.63, 3.8) is 0 Å². The van der Waals surface area contributed by atoms with Gasteiger partial charge in [0.1, 0.15) is 23.1 Å². The van der Waals surface area contributed by atoms with Crippen molar-refractivity contribution in [2.75, 3.05) is 19.8 Å². The quantitative estimate of drug-likeness (QED) is 0.225. The first-order valence-corrected chi connectivity index (χ1v) is 13.6. The maximum absolute atomic E-state index is 15.7. The Balaban J connectivity index is 1.54. The van der Waals surface area contributed by atoms with E-state index in [9.17, 15) is 9.18 Å². The Morgan fingerprint density at radius 1 is 1.11 bits per heavy atom. The second kappa shape index (κ2) is 11.9. The first-order valence-electron chi connectivity index (χ1n) is 13.6. The van der Waals surface area contributed by atoms with Gasteiger partial charge in [-0.3, -0.25) is 9.69 Å². The summed E-state index contributed by atoms with van der Waals surface area (Å²) in [5, 5.41) is 0. The summed E-state index contributed by atoms with van der Waals surface area (Å²) < 4.78 is 56.9. The van der Waals surface area contributed by atoms with Crippen LogP contribution in [0.25, 0.3) is 5.57 Å². The Kier molecular flexibility index (Phi) is 8.86. The molecule has 0 spiro atoms. The molecule has 2 aromatic rings. The summed E-state index contributed by atoms with van der Waals surface area (Å²) in [7, 11) is 0. The molecule has 2 aromatic carbocycles. The highest BCUT2D eigenvalue weighted by molar-refractivity contribution is 5.79. The van der Waals surface area contributed by atoms with E-state index in [4.69, 9.17) is 9.47 Å². The van der Waals surface area contributed by atoms with Crippen LogP contribution in [0.2, 0.25) is 0 Å². The van der Waals surface area contributed by atoms with E-state index in [1.54, 1.807) is 6.92 Å². The maximum Gasteiger partial charge on any atom is 0.305 e. The molecule has 0 aromatic heterocycles. The fourth-order valence-electron chi connectivity index (χ4n) is 5.72. The number of rotatable bonds is 11. The molecule has 1 heterocycles. The lowest BCUT2D eigenvalue weighted by atomic mass is 9.84. The highest BCUT2D eigenvalue weighted by Crippen LogP contribution is 2.50. The highest BCUT2D eigenvalue weighted by Gasteiger charge is 2.42. The van der Waals surface area contributed by atoms with Crippen molar-refractivity contribution in [2.24, 2.45) is 0 Å². The van der Waals surface area contributed by atoms with Crippen molar-refractivity contribution in [3.8, 4) is 5.75 Å². The summed E-state index contributed by atoms with van der Waals surface area (Å²) >= 11 is 0. The molecule has 0 radical (unpaired) electrons. The Hall–Kier alpha value is -2.80. The average Bonchev–Trinajstić information content (AvgIpc) is 3.20. The number of benzene rings is 2. The van der Waals surface area contributed by atoms with Gasteiger partial charge in [-0.05, 0) is 82.1 Å². The van der Waals surface area contributed by atoms with E-state index in [0.717, 1.165) is 28.7 Å². The van der Waals surface area contributed by atoms with Crippen LogP contribution >= 0.6 is 0 Å². The van der Waals surface area contributed by atoms with Gasteiger partial charge in [0.25, 0.3) is 0 Å². The first kappa shape index (κ1) is 28.2. The SMILES string of the molecule is CCOC(=O)CCCCCOc1cc(F)c([C@@H]2C3=C(C[C@@H](C)N2CC(C)(C)F)c2ccccc2C3)c(F)c1. The summed E-state index contributed by atoms with van der Waals surface area (Å²) in [5.41, 5.74) is 2.75. The normalized spacial score (nSPS) is 19.3. The smallest absolute Gasteiger partial charge is 0.305 e. The van der Waals surface area contributed by atoms with Crippen LogP contribution in [-0.2, 0) is 16.0 Å². The highest BCUT2D eigenvalue weighted by atomic mass is 19.1. The number of fused-ring (bicyclic) bond motifs is 2. The van der Waals surface area contributed by atoms with Crippen molar-refractivity contribution >= 4 is 11.5 Å². The van der Waals surface area contributed by atoms with Gasteiger partial charge in [-0.15, -0.1) is 0 Å². The van der Waals surface area contributed by atoms with Crippen LogP contribution < -0.4 is 4.74 Å². The zero-order valence-electron chi connectivity index (χ0n) is 22.8. The van der Waals surface area contributed by atoms with Crippen LogP contribution in [0.15, 0.2) is 42.0 Å². The third-order valence-corrected chi connectivity index (χ3v) is 7.32. The molecule has 0 bridgehead atoms. The minimum absolute atomic E-state index is 0.0529. The number of carbonyl (C=O) groups is 1. The molecule has 1 aliphatic carbocycles. The summed E-state index contributed by atoms with van der Waals surface area (Å²) in [6.45, 7) is 7.48. The van der Waals surface area contributed by atoms with Crippen molar-refractivity contribution in [3.05, 3.63) is 70.3 Å².